The fourth-order valence-electron chi connectivity index (χ4n) is 1.74. The van der Waals surface area contributed by atoms with Gasteiger partial charge in [-0.3, -0.25) is 0 Å². The van der Waals surface area contributed by atoms with Gasteiger partial charge in [-0.25, -0.2) is 0 Å². The van der Waals surface area contributed by atoms with E-state index in [0.29, 0.717) is 17.8 Å². The number of rotatable bonds is 4. The molecule has 0 aliphatic carbocycles. The molecule has 6 heteroatoms. The molecule has 0 saturated heterocycles. The van der Waals surface area contributed by atoms with E-state index in [2.05, 4.69) is 16.1 Å². The van der Waals surface area contributed by atoms with Crippen molar-refractivity contribution in [3.05, 3.63) is 59.7 Å². The summed E-state index contributed by atoms with van der Waals surface area (Å²) in [5, 5.41) is 12.0. The Labute approximate surface area is 119 Å². The van der Waals surface area contributed by atoms with Crippen LogP contribution in [0.1, 0.15) is 11.1 Å². The molecule has 0 amide bonds. The molecule has 0 atom stereocenters. The number of hydrogen-bond donors (Lipinski definition) is 1. The lowest BCUT2D eigenvalue weighted by Crippen LogP contribution is -2.17. The predicted molar refractivity (Wildman–Crippen MR) is 71.6 cm³/mol. The third kappa shape index (κ3) is 4.42. The summed E-state index contributed by atoms with van der Waals surface area (Å²) in [6, 6.07) is 14.6. The van der Waals surface area contributed by atoms with E-state index in [1.165, 1.54) is 24.3 Å². The maximum Gasteiger partial charge on any atom is 0.573 e. The van der Waals surface area contributed by atoms with Crippen molar-refractivity contribution < 1.29 is 17.9 Å². The molecular weight excluding hydrogens is 281 g/mol. The maximum atomic E-state index is 12.0. The maximum absolute atomic E-state index is 12.0. The first-order valence-electron chi connectivity index (χ1n) is 6.05. The zero-order chi connectivity index (χ0) is 15.3. The second-order valence-electron chi connectivity index (χ2n) is 4.20. The van der Waals surface area contributed by atoms with Gasteiger partial charge in [-0.1, -0.05) is 24.3 Å². The normalized spacial score (nSPS) is 10.8. The Bertz CT molecular complexity index is 645. The lowest BCUT2D eigenvalue weighted by Gasteiger charge is -2.10. The summed E-state index contributed by atoms with van der Waals surface area (Å²) in [7, 11) is 0. The second-order valence-corrected chi connectivity index (χ2v) is 4.20. The van der Waals surface area contributed by atoms with Crippen LogP contribution < -0.4 is 10.1 Å². The molecule has 0 unspecified atom stereocenters. The Kier molecular flexibility index (Phi) is 4.33. The lowest BCUT2D eigenvalue weighted by atomic mass is 10.1. The number of halogens is 3. The van der Waals surface area contributed by atoms with Crippen LogP contribution in [0.3, 0.4) is 0 Å². The van der Waals surface area contributed by atoms with Crippen LogP contribution in [-0.4, -0.2) is 6.36 Å². The van der Waals surface area contributed by atoms with E-state index in [0.717, 1.165) is 5.56 Å². The number of para-hydroxylation sites is 1. The van der Waals surface area contributed by atoms with Gasteiger partial charge in [0.2, 0.25) is 0 Å². The van der Waals surface area contributed by atoms with E-state index in [-0.39, 0.29) is 5.75 Å². The van der Waals surface area contributed by atoms with Gasteiger partial charge in [-0.15, -0.1) is 13.2 Å². The number of benzene rings is 2. The van der Waals surface area contributed by atoms with Gasteiger partial charge in [0.05, 0.1) is 11.3 Å². The molecule has 0 saturated carbocycles. The highest BCUT2D eigenvalue weighted by molar-refractivity contribution is 5.57. The van der Waals surface area contributed by atoms with Crippen LogP contribution in [0.4, 0.5) is 18.9 Å². The van der Waals surface area contributed by atoms with Crippen LogP contribution >= 0.6 is 0 Å². The van der Waals surface area contributed by atoms with E-state index in [9.17, 15) is 13.2 Å². The number of hydrogen-bond acceptors (Lipinski definition) is 3. The highest BCUT2D eigenvalue weighted by Gasteiger charge is 2.30. The molecule has 1 N–H and O–H groups in total. The summed E-state index contributed by atoms with van der Waals surface area (Å²) in [6.07, 6.45) is -4.69. The molecule has 21 heavy (non-hydrogen) atoms. The molecule has 0 aliphatic heterocycles. The third-order valence-electron chi connectivity index (χ3n) is 2.69. The van der Waals surface area contributed by atoms with Gasteiger partial charge in [0.1, 0.15) is 11.8 Å². The number of nitrogens with one attached hydrogen (secondary N) is 1. The van der Waals surface area contributed by atoms with Crippen LogP contribution in [0.2, 0.25) is 0 Å². The summed E-state index contributed by atoms with van der Waals surface area (Å²) < 4.78 is 39.9. The van der Waals surface area contributed by atoms with Crippen LogP contribution in [-0.2, 0) is 6.54 Å². The van der Waals surface area contributed by atoms with Crippen molar-refractivity contribution in [2.24, 2.45) is 0 Å². The summed E-state index contributed by atoms with van der Waals surface area (Å²) in [5.41, 5.74) is 1.96. The molecule has 0 aromatic heterocycles. The average Bonchev–Trinajstić information content (AvgIpc) is 2.45. The molecule has 3 nitrogen and oxygen atoms in total. The highest BCUT2D eigenvalue weighted by atomic mass is 19.4. The quantitative estimate of drug-likeness (QED) is 0.924. The van der Waals surface area contributed by atoms with Crippen molar-refractivity contribution in [3.8, 4) is 11.8 Å². The van der Waals surface area contributed by atoms with Gasteiger partial charge >= 0.3 is 6.36 Å². The van der Waals surface area contributed by atoms with Crippen LogP contribution in [0.5, 0.6) is 5.75 Å². The first-order chi connectivity index (χ1) is 9.98. The van der Waals surface area contributed by atoms with E-state index in [4.69, 9.17) is 5.26 Å². The minimum Gasteiger partial charge on any atom is -0.406 e. The Morgan fingerprint density at radius 2 is 1.71 bits per heavy atom. The van der Waals surface area contributed by atoms with Crippen LogP contribution in [0.25, 0.3) is 0 Å². The van der Waals surface area contributed by atoms with Gasteiger partial charge in [0.25, 0.3) is 0 Å². The van der Waals surface area contributed by atoms with Gasteiger partial charge in [0.15, 0.2) is 0 Å². The van der Waals surface area contributed by atoms with Gasteiger partial charge in [-0.2, -0.15) is 5.26 Å². The SMILES string of the molecule is N#Cc1ccccc1NCc1ccc(OC(F)(F)F)cc1. The van der Waals surface area contributed by atoms with Crippen molar-refractivity contribution in [1.82, 2.24) is 0 Å². The first kappa shape index (κ1) is 14.7. The second kappa shape index (κ2) is 6.18. The molecule has 0 bridgehead atoms. The van der Waals surface area contributed by atoms with E-state index < -0.39 is 6.36 Å². The van der Waals surface area contributed by atoms with Crippen molar-refractivity contribution in [1.29, 1.82) is 5.26 Å². The third-order valence-corrected chi connectivity index (χ3v) is 2.69. The van der Waals surface area contributed by atoms with E-state index >= 15 is 0 Å². The highest BCUT2D eigenvalue weighted by Crippen LogP contribution is 2.23. The summed E-state index contributed by atoms with van der Waals surface area (Å²) in [5.74, 6) is -0.260. The Balaban J connectivity index is 2.00. The molecule has 0 fully saturated rings. The minimum atomic E-state index is -4.69. The summed E-state index contributed by atoms with van der Waals surface area (Å²) in [4.78, 5) is 0. The predicted octanol–water partition coefficient (Wildman–Crippen LogP) is 4.07. The number of ether oxygens (including phenoxy) is 1. The van der Waals surface area contributed by atoms with Crippen molar-refractivity contribution in [2.75, 3.05) is 5.32 Å². The Morgan fingerprint density at radius 3 is 2.33 bits per heavy atom. The standard InChI is InChI=1S/C15H11F3N2O/c16-15(17,18)21-13-7-5-11(6-8-13)10-20-14-4-2-1-3-12(14)9-19/h1-8,20H,10H2. The first-order valence-corrected chi connectivity index (χ1v) is 6.05. The number of nitrogens with zero attached hydrogens (tertiary/aromatic N) is 1. The molecule has 0 aliphatic rings. The van der Waals surface area contributed by atoms with Gasteiger partial charge in [-0.05, 0) is 29.8 Å². The minimum absolute atomic E-state index is 0.260. The van der Waals surface area contributed by atoms with Crippen molar-refractivity contribution in [3.63, 3.8) is 0 Å². The summed E-state index contributed by atoms with van der Waals surface area (Å²) >= 11 is 0. The number of anilines is 1. The molecule has 0 heterocycles. The number of nitriles is 1. The zero-order valence-electron chi connectivity index (χ0n) is 10.8. The monoisotopic (exact) mass is 292 g/mol. The Hall–Kier alpha value is -2.68. The molecule has 2 aromatic carbocycles. The Morgan fingerprint density at radius 1 is 1.05 bits per heavy atom. The average molecular weight is 292 g/mol. The molecule has 2 rings (SSSR count). The fraction of sp³-hybridized carbons (Fsp3) is 0.133. The van der Waals surface area contributed by atoms with Crippen LogP contribution in [0.15, 0.2) is 48.5 Å². The van der Waals surface area contributed by atoms with Crippen molar-refractivity contribution >= 4 is 5.69 Å². The lowest BCUT2D eigenvalue weighted by molar-refractivity contribution is -0.274. The largest absolute Gasteiger partial charge is 0.573 e. The molecule has 2 aromatic rings. The summed E-state index contributed by atoms with van der Waals surface area (Å²) in [6.45, 7) is 0.394. The molecular formula is C15H11F3N2O. The molecule has 0 radical (unpaired) electrons. The molecule has 108 valence electrons. The molecule has 0 spiro atoms. The topological polar surface area (TPSA) is 45.0 Å². The number of alkyl halides is 3. The van der Waals surface area contributed by atoms with Gasteiger partial charge < -0.3 is 10.1 Å². The van der Waals surface area contributed by atoms with E-state index in [1.54, 1.807) is 24.3 Å². The smallest absolute Gasteiger partial charge is 0.406 e. The van der Waals surface area contributed by atoms with E-state index in [1.807, 2.05) is 0 Å². The fourth-order valence-corrected chi connectivity index (χ4v) is 1.74. The van der Waals surface area contributed by atoms with Crippen molar-refractivity contribution in [2.45, 2.75) is 12.9 Å². The van der Waals surface area contributed by atoms with Crippen LogP contribution in [0, 0.1) is 11.3 Å². The van der Waals surface area contributed by atoms with Gasteiger partial charge in [0, 0.05) is 6.54 Å². The zero-order valence-corrected chi connectivity index (χ0v) is 10.8.